The molecule has 0 N–H and O–H groups in total. The zero-order chi connectivity index (χ0) is 15.9. The average Bonchev–Trinajstić information content (AvgIpc) is 2.71. The molecule has 1 aromatic carbocycles. The Morgan fingerprint density at radius 3 is 2.27 bits per heavy atom. The fraction of sp³-hybridized carbons (Fsp3) is 0.429. The Labute approximate surface area is 127 Å². The minimum Gasteiger partial charge on any atom is -0.277 e. The van der Waals surface area contributed by atoms with Crippen LogP contribution in [0, 0.1) is 5.82 Å². The number of carbonyl (C=O) groups is 2. The molecule has 2 amide bonds. The van der Waals surface area contributed by atoms with Crippen LogP contribution >= 0.6 is 0 Å². The highest BCUT2D eigenvalue weighted by molar-refractivity contribution is 7.88. The third kappa shape index (κ3) is 2.64. The molecule has 0 unspecified atom stereocenters. The third-order valence-corrected chi connectivity index (χ3v) is 5.73. The molecule has 0 atom stereocenters. The van der Waals surface area contributed by atoms with Crippen LogP contribution in [0.5, 0.6) is 0 Å². The number of nitrogens with zero attached hydrogens (tertiary/aromatic N) is 2. The van der Waals surface area contributed by atoms with Crippen molar-refractivity contribution >= 4 is 21.8 Å². The second-order valence-electron chi connectivity index (χ2n) is 5.48. The number of amides is 2. The van der Waals surface area contributed by atoms with Gasteiger partial charge in [-0.3, -0.25) is 14.5 Å². The zero-order valence-corrected chi connectivity index (χ0v) is 12.6. The van der Waals surface area contributed by atoms with Gasteiger partial charge in [0.25, 0.3) is 0 Å². The van der Waals surface area contributed by atoms with Crippen molar-refractivity contribution < 1.29 is 22.4 Å². The summed E-state index contributed by atoms with van der Waals surface area (Å²) in [5, 5.41) is 0. The monoisotopic (exact) mass is 326 g/mol. The SMILES string of the molecule is O=C1CCC(=O)N1C1CN(S(=O)(=O)Cc2ccccc2F)C1. The summed E-state index contributed by atoms with van der Waals surface area (Å²) in [4.78, 5) is 24.4. The first-order valence-corrected chi connectivity index (χ1v) is 8.55. The number of imide groups is 1. The summed E-state index contributed by atoms with van der Waals surface area (Å²) in [6.45, 7) is 0.183. The fourth-order valence-electron chi connectivity index (χ4n) is 2.71. The fourth-order valence-corrected chi connectivity index (χ4v) is 4.32. The van der Waals surface area contributed by atoms with Crippen LogP contribution in [0.3, 0.4) is 0 Å². The molecule has 0 aliphatic carbocycles. The standard InChI is InChI=1S/C14H15FN2O4S/c15-12-4-2-1-3-10(12)9-22(20,21)16-7-11(8-16)17-13(18)5-6-14(17)19/h1-4,11H,5-9H2. The number of sulfonamides is 1. The zero-order valence-electron chi connectivity index (χ0n) is 11.7. The minimum atomic E-state index is -3.65. The third-order valence-electron chi connectivity index (χ3n) is 3.97. The Kier molecular flexibility index (Phi) is 3.73. The Bertz CT molecular complexity index is 712. The smallest absolute Gasteiger partial charge is 0.230 e. The van der Waals surface area contributed by atoms with E-state index in [0.29, 0.717) is 0 Å². The van der Waals surface area contributed by atoms with Gasteiger partial charge in [0.2, 0.25) is 21.8 Å². The van der Waals surface area contributed by atoms with Crippen molar-refractivity contribution in [3.8, 4) is 0 Å². The molecule has 0 spiro atoms. The lowest BCUT2D eigenvalue weighted by Gasteiger charge is -2.41. The summed E-state index contributed by atoms with van der Waals surface area (Å²) in [7, 11) is -3.65. The van der Waals surface area contributed by atoms with E-state index in [1.807, 2.05) is 0 Å². The molecule has 0 radical (unpaired) electrons. The Morgan fingerprint density at radius 2 is 1.68 bits per heavy atom. The summed E-state index contributed by atoms with van der Waals surface area (Å²) in [6, 6.07) is 5.32. The Balaban J connectivity index is 1.65. The van der Waals surface area contributed by atoms with Crippen LogP contribution in [0.25, 0.3) is 0 Å². The van der Waals surface area contributed by atoms with E-state index in [1.54, 1.807) is 6.07 Å². The van der Waals surface area contributed by atoms with Crippen molar-refractivity contribution in [1.82, 2.24) is 9.21 Å². The molecule has 118 valence electrons. The molecule has 2 saturated heterocycles. The van der Waals surface area contributed by atoms with Crippen molar-refractivity contribution in [2.75, 3.05) is 13.1 Å². The predicted molar refractivity (Wildman–Crippen MR) is 75.5 cm³/mol. The van der Waals surface area contributed by atoms with E-state index in [0.717, 1.165) is 4.90 Å². The van der Waals surface area contributed by atoms with Crippen molar-refractivity contribution in [2.45, 2.75) is 24.6 Å². The lowest BCUT2D eigenvalue weighted by molar-refractivity contribution is -0.143. The van der Waals surface area contributed by atoms with Crippen LogP contribution in [0.4, 0.5) is 4.39 Å². The minimum absolute atomic E-state index is 0.0915. The van der Waals surface area contributed by atoms with Crippen LogP contribution in [0.1, 0.15) is 18.4 Å². The normalized spacial score (nSPS) is 20.5. The van der Waals surface area contributed by atoms with Crippen LogP contribution in [-0.2, 0) is 25.4 Å². The maximum absolute atomic E-state index is 13.5. The molecule has 6 nitrogen and oxygen atoms in total. The number of halogens is 1. The Morgan fingerprint density at radius 1 is 1.09 bits per heavy atom. The summed E-state index contributed by atoms with van der Waals surface area (Å²) in [5.41, 5.74) is 0.110. The molecule has 2 fully saturated rings. The maximum atomic E-state index is 13.5. The number of hydrogen-bond acceptors (Lipinski definition) is 4. The van der Waals surface area contributed by atoms with Gasteiger partial charge in [-0.2, -0.15) is 4.31 Å². The molecule has 0 aromatic heterocycles. The molecular formula is C14H15FN2O4S. The van der Waals surface area contributed by atoms with Gasteiger partial charge in [0.1, 0.15) is 5.82 Å². The first-order valence-electron chi connectivity index (χ1n) is 6.94. The predicted octanol–water partition coefficient (Wildman–Crippen LogP) is 0.489. The summed E-state index contributed by atoms with van der Waals surface area (Å²) >= 11 is 0. The molecule has 2 heterocycles. The van der Waals surface area contributed by atoms with Crippen LogP contribution in [0.2, 0.25) is 0 Å². The van der Waals surface area contributed by atoms with Gasteiger partial charge in [-0.15, -0.1) is 0 Å². The summed E-state index contributed by atoms with van der Waals surface area (Å²) in [6.07, 6.45) is 0.384. The van der Waals surface area contributed by atoms with Crippen molar-refractivity contribution in [1.29, 1.82) is 0 Å². The number of likely N-dealkylation sites (tertiary alicyclic amines) is 1. The average molecular weight is 326 g/mol. The van der Waals surface area contributed by atoms with E-state index in [1.165, 1.54) is 22.5 Å². The molecule has 3 rings (SSSR count). The van der Waals surface area contributed by atoms with Gasteiger partial charge in [-0.05, 0) is 6.07 Å². The first kappa shape index (κ1) is 15.1. The highest BCUT2D eigenvalue weighted by Gasteiger charge is 2.45. The number of hydrogen-bond donors (Lipinski definition) is 0. The highest BCUT2D eigenvalue weighted by atomic mass is 32.2. The highest BCUT2D eigenvalue weighted by Crippen LogP contribution is 2.26. The lowest BCUT2D eigenvalue weighted by atomic mass is 10.1. The van der Waals surface area contributed by atoms with Crippen molar-refractivity contribution in [2.24, 2.45) is 0 Å². The number of benzene rings is 1. The lowest BCUT2D eigenvalue weighted by Crippen LogP contribution is -2.62. The summed E-state index contributed by atoms with van der Waals surface area (Å²) < 4.78 is 39.2. The van der Waals surface area contributed by atoms with Crippen LogP contribution in [-0.4, -0.2) is 48.6 Å². The molecule has 0 saturated carbocycles. The Hall–Kier alpha value is -1.80. The molecule has 2 aliphatic rings. The molecule has 22 heavy (non-hydrogen) atoms. The molecule has 8 heteroatoms. The van der Waals surface area contributed by atoms with Crippen LogP contribution < -0.4 is 0 Å². The molecule has 1 aromatic rings. The van der Waals surface area contributed by atoms with Gasteiger partial charge in [0, 0.05) is 31.5 Å². The van der Waals surface area contributed by atoms with Crippen LogP contribution in [0.15, 0.2) is 24.3 Å². The number of rotatable bonds is 4. The first-order chi connectivity index (χ1) is 10.4. The van der Waals surface area contributed by atoms with Gasteiger partial charge >= 0.3 is 0 Å². The van der Waals surface area contributed by atoms with Gasteiger partial charge in [0.05, 0.1) is 11.8 Å². The second kappa shape index (κ2) is 5.44. The van der Waals surface area contributed by atoms with E-state index in [-0.39, 0.29) is 43.3 Å². The quantitative estimate of drug-likeness (QED) is 0.755. The van der Waals surface area contributed by atoms with E-state index >= 15 is 0 Å². The molecular weight excluding hydrogens is 311 g/mol. The van der Waals surface area contributed by atoms with E-state index < -0.39 is 27.6 Å². The van der Waals surface area contributed by atoms with Gasteiger partial charge in [-0.1, -0.05) is 18.2 Å². The maximum Gasteiger partial charge on any atom is 0.230 e. The van der Waals surface area contributed by atoms with E-state index in [2.05, 4.69) is 0 Å². The van der Waals surface area contributed by atoms with Crippen molar-refractivity contribution in [3.05, 3.63) is 35.6 Å². The van der Waals surface area contributed by atoms with Gasteiger partial charge in [-0.25, -0.2) is 12.8 Å². The molecule has 0 bridgehead atoms. The van der Waals surface area contributed by atoms with E-state index in [9.17, 15) is 22.4 Å². The topological polar surface area (TPSA) is 74.8 Å². The number of carbonyl (C=O) groups excluding carboxylic acids is 2. The van der Waals surface area contributed by atoms with Crippen molar-refractivity contribution in [3.63, 3.8) is 0 Å². The summed E-state index contributed by atoms with van der Waals surface area (Å²) in [5.74, 6) is -1.48. The van der Waals surface area contributed by atoms with Gasteiger partial charge < -0.3 is 0 Å². The second-order valence-corrected chi connectivity index (χ2v) is 7.44. The van der Waals surface area contributed by atoms with E-state index in [4.69, 9.17) is 0 Å². The largest absolute Gasteiger partial charge is 0.277 e. The van der Waals surface area contributed by atoms with Gasteiger partial charge in [0.15, 0.2) is 0 Å². The molecule has 2 aliphatic heterocycles.